The van der Waals surface area contributed by atoms with Gasteiger partial charge in [0.25, 0.3) is 5.56 Å². The molecule has 3 heterocycles. The second-order valence-corrected chi connectivity index (χ2v) is 7.95. The van der Waals surface area contributed by atoms with Crippen LogP contribution in [0.3, 0.4) is 0 Å². The number of anilines is 1. The standard InChI is InChI=1S/C20H23N3O4S/c1-12-18(24)14(11-21-12)20-22-19(25)17(28-20)10-13-3-4-16-15(9-13)23(5-7-26-2)6-8-27-16/h3-4,9-10,12,21H,5-8,11H2,1-2H3,(H,22,25)/b17-10-,20-14+. The van der Waals surface area contributed by atoms with Crippen LogP contribution in [-0.4, -0.2) is 56.8 Å². The zero-order valence-electron chi connectivity index (χ0n) is 15.9. The summed E-state index contributed by atoms with van der Waals surface area (Å²) in [6, 6.07) is 5.70. The quantitative estimate of drug-likeness (QED) is 0.740. The average molecular weight is 401 g/mol. The molecule has 2 N–H and O–H groups in total. The number of nitrogens with one attached hydrogen (secondary N) is 2. The zero-order valence-corrected chi connectivity index (χ0v) is 16.7. The van der Waals surface area contributed by atoms with Gasteiger partial charge in [0.1, 0.15) is 17.0 Å². The number of methoxy groups -OCH3 is 1. The van der Waals surface area contributed by atoms with Gasteiger partial charge in [0, 0.05) is 25.8 Å². The Morgan fingerprint density at radius 1 is 1.39 bits per heavy atom. The van der Waals surface area contributed by atoms with E-state index in [4.69, 9.17) is 9.47 Å². The number of H-pyrrole nitrogens is 1. The van der Waals surface area contributed by atoms with Crippen LogP contribution in [0.5, 0.6) is 5.75 Å². The third-order valence-electron chi connectivity index (χ3n) is 5.02. The predicted molar refractivity (Wildman–Crippen MR) is 110 cm³/mol. The molecule has 1 atom stereocenters. The lowest BCUT2D eigenvalue weighted by Crippen LogP contribution is -2.35. The van der Waals surface area contributed by atoms with Crippen LogP contribution in [-0.2, 0) is 9.53 Å². The highest BCUT2D eigenvalue weighted by molar-refractivity contribution is 7.07. The number of nitrogens with zero attached hydrogens (tertiary/aromatic N) is 1. The first-order chi connectivity index (χ1) is 13.6. The molecule has 1 aromatic carbocycles. The topological polar surface area (TPSA) is 83.7 Å². The molecular weight excluding hydrogens is 378 g/mol. The fraction of sp³-hybridized carbons (Fsp3) is 0.400. The summed E-state index contributed by atoms with van der Waals surface area (Å²) in [5.41, 5.74) is 2.40. The van der Waals surface area contributed by atoms with Crippen LogP contribution in [0, 0.1) is 0 Å². The van der Waals surface area contributed by atoms with Crippen molar-refractivity contribution >= 4 is 34.5 Å². The number of carbonyl (C=O) groups excluding carboxylic acids is 1. The number of ketones is 1. The summed E-state index contributed by atoms with van der Waals surface area (Å²) >= 11 is 1.32. The Labute approximate surface area is 166 Å². The van der Waals surface area contributed by atoms with Crippen LogP contribution in [0.1, 0.15) is 12.5 Å². The number of fused-ring (bicyclic) bond motifs is 1. The van der Waals surface area contributed by atoms with Crippen molar-refractivity contribution < 1.29 is 14.3 Å². The molecule has 1 fully saturated rings. The van der Waals surface area contributed by atoms with Gasteiger partial charge in [-0.05, 0) is 30.7 Å². The number of ether oxygens (including phenoxy) is 2. The lowest BCUT2D eigenvalue weighted by molar-refractivity contribution is -0.114. The van der Waals surface area contributed by atoms with Crippen molar-refractivity contribution in [3.05, 3.63) is 43.3 Å². The van der Waals surface area contributed by atoms with Crippen molar-refractivity contribution in [3.63, 3.8) is 0 Å². The largest absolute Gasteiger partial charge is 0.490 e. The van der Waals surface area contributed by atoms with Gasteiger partial charge in [0.15, 0.2) is 5.78 Å². The summed E-state index contributed by atoms with van der Waals surface area (Å²) < 4.78 is 12.2. The van der Waals surface area contributed by atoms with Crippen molar-refractivity contribution in [2.24, 2.45) is 0 Å². The first kappa shape index (κ1) is 18.9. The Morgan fingerprint density at radius 3 is 3.00 bits per heavy atom. The highest BCUT2D eigenvalue weighted by Crippen LogP contribution is 2.32. The molecule has 28 heavy (non-hydrogen) atoms. The van der Waals surface area contributed by atoms with E-state index in [1.54, 1.807) is 7.11 Å². The van der Waals surface area contributed by atoms with Crippen molar-refractivity contribution in [2.75, 3.05) is 44.9 Å². The van der Waals surface area contributed by atoms with Gasteiger partial charge in [-0.2, -0.15) is 0 Å². The maximum Gasteiger partial charge on any atom is 0.266 e. The van der Waals surface area contributed by atoms with Gasteiger partial charge in [-0.25, -0.2) is 0 Å². The number of aromatic nitrogens is 1. The molecule has 8 heteroatoms. The van der Waals surface area contributed by atoms with Gasteiger partial charge in [-0.3, -0.25) is 9.59 Å². The van der Waals surface area contributed by atoms with Crippen LogP contribution >= 0.6 is 11.3 Å². The van der Waals surface area contributed by atoms with E-state index in [9.17, 15) is 9.59 Å². The minimum atomic E-state index is -0.202. The molecule has 1 saturated heterocycles. The number of Topliss-reactive ketones (excluding diaryl/α,β-unsaturated/α-hetero) is 1. The number of hydrogen-bond donors (Lipinski definition) is 2. The van der Waals surface area contributed by atoms with Gasteiger partial charge in [-0.15, -0.1) is 11.3 Å². The Bertz CT molecular complexity index is 1070. The van der Waals surface area contributed by atoms with Gasteiger partial charge in [0.05, 0.1) is 29.4 Å². The zero-order chi connectivity index (χ0) is 19.7. The lowest BCUT2D eigenvalue weighted by atomic mass is 10.1. The van der Waals surface area contributed by atoms with Crippen molar-refractivity contribution in [3.8, 4) is 5.75 Å². The molecule has 0 aliphatic carbocycles. The maximum atomic E-state index is 12.4. The monoisotopic (exact) mass is 401 g/mol. The Kier molecular flexibility index (Phi) is 5.34. The first-order valence-electron chi connectivity index (χ1n) is 9.29. The third kappa shape index (κ3) is 3.63. The van der Waals surface area contributed by atoms with Crippen LogP contribution in [0.4, 0.5) is 5.69 Å². The molecule has 2 aliphatic rings. The van der Waals surface area contributed by atoms with Gasteiger partial charge in [0.2, 0.25) is 0 Å². The number of carbonyl (C=O) groups is 1. The number of benzene rings is 1. The molecule has 148 valence electrons. The predicted octanol–water partition coefficient (Wildman–Crippen LogP) is -0.178. The molecular formula is C20H23N3O4S. The SMILES string of the molecule is COCCN1CCOc2ccc(/C=c3\s/c(=C4\CNC(C)C4=O)[nH]c3=O)cc21. The number of hydrogen-bond acceptors (Lipinski definition) is 7. The van der Waals surface area contributed by atoms with Crippen LogP contribution in [0.15, 0.2) is 23.0 Å². The van der Waals surface area contributed by atoms with Crippen LogP contribution < -0.4 is 29.7 Å². The van der Waals surface area contributed by atoms with Crippen molar-refractivity contribution in [2.45, 2.75) is 13.0 Å². The molecule has 0 amide bonds. The molecule has 0 bridgehead atoms. The molecule has 7 nitrogen and oxygen atoms in total. The normalized spacial score (nSPS) is 21.8. The van der Waals surface area contributed by atoms with E-state index in [2.05, 4.69) is 15.2 Å². The summed E-state index contributed by atoms with van der Waals surface area (Å²) in [6.45, 7) is 5.19. The van der Waals surface area contributed by atoms with Gasteiger partial charge in [-0.1, -0.05) is 6.07 Å². The first-order valence-corrected chi connectivity index (χ1v) is 10.1. The fourth-order valence-electron chi connectivity index (χ4n) is 3.43. The summed E-state index contributed by atoms with van der Waals surface area (Å²) in [5, 5.41) is 3.11. The van der Waals surface area contributed by atoms with Crippen molar-refractivity contribution in [1.82, 2.24) is 10.3 Å². The molecule has 0 spiro atoms. The smallest absolute Gasteiger partial charge is 0.266 e. The van der Waals surface area contributed by atoms with Crippen molar-refractivity contribution in [1.29, 1.82) is 0 Å². The molecule has 0 saturated carbocycles. The summed E-state index contributed by atoms with van der Waals surface area (Å²) in [5.74, 6) is 0.885. The molecule has 2 aliphatic heterocycles. The summed E-state index contributed by atoms with van der Waals surface area (Å²) in [6.07, 6.45) is 1.85. The van der Waals surface area contributed by atoms with E-state index in [0.29, 0.717) is 34.5 Å². The number of aromatic amines is 1. The maximum absolute atomic E-state index is 12.4. The lowest BCUT2D eigenvalue weighted by Gasteiger charge is -2.31. The second-order valence-electron chi connectivity index (χ2n) is 6.89. The highest BCUT2D eigenvalue weighted by Gasteiger charge is 2.26. The van der Waals surface area contributed by atoms with Crippen LogP contribution in [0.25, 0.3) is 11.6 Å². The second kappa shape index (κ2) is 7.90. The molecule has 4 rings (SSSR count). The minimum Gasteiger partial charge on any atom is -0.490 e. The third-order valence-corrected chi connectivity index (χ3v) is 6.09. The molecule has 1 aromatic heterocycles. The van der Waals surface area contributed by atoms with E-state index >= 15 is 0 Å². The number of rotatable bonds is 4. The van der Waals surface area contributed by atoms with E-state index in [1.165, 1.54) is 11.3 Å². The molecule has 1 unspecified atom stereocenters. The van der Waals surface area contributed by atoms with E-state index in [-0.39, 0.29) is 17.4 Å². The Hall–Kier alpha value is -2.42. The summed E-state index contributed by atoms with van der Waals surface area (Å²) in [4.78, 5) is 29.7. The van der Waals surface area contributed by atoms with E-state index in [0.717, 1.165) is 30.1 Å². The number of thiazole rings is 1. The highest BCUT2D eigenvalue weighted by atomic mass is 32.1. The van der Waals surface area contributed by atoms with E-state index < -0.39 is 0 Å². The Balaban J connectivity index is 1.72. The van der Waals surface area contributed by atoms with Gasteiger partial charge < -0.3 is 24.7 Å². The van der Waals surface area contributed by atoms with E-state index in [1.807, 2.05) is 31.2 Å². The van der Waals surface area contributed by atoms with Crippen LogP contribution in [0.2, 0.25) is 0 Å². The molecule has 0 radical (unpaired) electrons. The van der Waals surface area contributed by atoms with Gasteiger partial charge >= 0.3 is 0 Å². The minimum absolute atomic E-state index is 0.0452. The average Bonchev–Trinajstić information content (AvgIpc) is 3.22. The Morgan fingerprint density at radius 2 is 2.25 bits per heavy atom. The summed E-state index contributed by atoms with van der Waals surface area (Å²) in [7, 11) is 1.69. The molecule has 2 aromatic rings. The fourth-order valence-corrected chi connectivity index (χ4v) is 4.43.